The van der Waals surface area contributed by atoms with Crippen LogP contribution < -0.4 is 0 Å². The van der Waals surface area contributed by atoms with E-state index >= 15 is 0 Å². The molecule has 0 amide bonds. The van der Waals surface area contributed by atoms with Crippen LogP contribution in [0.3, 0.4) is 0 Å². The molecule has 2 N–H and O–H groups in total. The van der Waals surface area contributed by atoms with Gasteiger partial charge in [0.1, 0.15) is 0 Å². The molecule has 0 radical (unpaired) electrons. The molecule has 4 heteroatoms. The first-order valence-corrected chi connectivity index (χ1v) is 11.9. The van der Waals surface area contributed by atoms with Gasteiger partial charge in [0.2, 0.25) is 0 Å². The Hall–Kier alpha value is -1.84. The number of hydrogen-bond donors (Lipinski definition) is 2. The number of aliphatic carboxylic acids is 2. The number of carboxylic acid groups (broad SMARTS) is 2. The molecule has 31 heavy (non-hydrogen) atoms. The largest absolute Gasteiger partial charge is 0.481 e. The second kappa shape index (κ2) is 13.5. The Kier molecular flexibility index (Phi) is 12.7. The minimum Gasteiger partial charge on any atom is -0.481 e. The lowest BCUT2D eigenvalue weighted by atomic mass is 9.85. The van der Waals surface area contributed by atoms with Gasteiger partial charge in [-0.25, -0.2) is 0 Å². The molecule has 0 bridgehead atoms. The highest BCUT2D eigenvalue weighted by Gasteiger charge is 2.26. The number of hydrogen-bond acceptors (Lipinski definition) is 2. The monoisotopic (exact) mass is 434 g/mol. The van der Waals surface area contributed by atoms with Crippen LogP contribution in [0.15, 0.2) is 12.1 Å². The fraction of sp³-hybridized carbons (Fsp3) is 0.704. The topological polar surface area (TPSA) is 74.6 Å². The van der Waals surface area contributed by atoms with Crippen molar-refractivity contribution >= 4 is 11.9 Å². The van der Waals surface area contributed by atoms with Crippen LogP contribution in [0.2, 0.25) is 0 Å². The maximum atomic E-state index is 11.3. The summed E-state index contributed by atoms with van der Waals surface area (Å²) < 4.78 is 0. The maximum absolute atomic E-state index is 11.3. The van der Waals surface area contributed by atoms with Crippen molar-refractivity contribution in [2.75, 3.05) is 0 Å². The van der Waals surface area contributed by atoms with Gasteiger partial charge in [-0.2, -0.15) is 0 Å². The van der Waals surface area contributed by atoms with Gasteiger partial charge in [-0.05, 0) is 96.8 Å². The van der Waals surface area contributed by atoms with Crippen molar-refractivity contribution in [1.29, 1.82) is 0 Å². The van der Waals surface area contributed by atoms with Crippen LogP contribution in [0.5, 0.6) is 0 Å². The van der Waals surface area contributed by atoms with E-state index in [0.29, 0.717) is 12.8 Å². The Morgan fingerprint density at radius 3 is 1.68 bits per heavy atom. The van der Waals surface area contributed by atoms with E-state index in [4.69, 9.17) is 0 Å². The zero-order valence-electron chi connectivity index (χ0n) is 21.2. The molecule has 4 nitrogen and oxygen atoms in total. The molecule has 0 aliphatic carbocycles. The van der Waals surface area contributed by atoms with Crippen LogP contribution in [0.1, 0.15) is 109 Å². The van der Waals surface area contributed by atoms with Crippen molar-refractivity contribution in [1.82, 2.24) is 0 Å². The Bertz CT molecular complexity index is 701. The summed E-state index contributed by atoms with van der Waals surface area (Å²) in [6, 6.07) is 4.51. The first kappa shape index (κ1) is 29.2. The summed E-state index contributed by atoms with van der Waals surface area (Å²) in [5, 5.41) is 18.5. The fourth-order valence-electron chi connectivity index (χ4n) is 3.81. The summed E-state index contributed by atoms with van der Waals surface area (Å²) in [5.74, 6) is -1.45. The van der Waals surface area contributed by atoms with Crippen molar-refractivity contribution in [2.24, 2.45) is 10.8 Å². The molecule has 0 aromatic heterocycles. The lowest BCUT2D eigenvalue weighted by molar-refractivity contribution is -0.148. The Labute approximate surface area is 190 Å². The number of benzene rings is 1. The molecular formula is C27H46O4. The standard InChI is InChI=1S/C25H40O4.C2H6/c1-18-16-19(2)21(13-9-11-15-25(5,6)23(28)29)20(17-18)12-8-7-10-14-24(3,4)22(26)27;1-2/h16-17H,7-15H2,1-6H3,(H,26,27)(H,28,29);1-2H3. The Morgan fingerprint density at radius 1 is 0.742 bits per heavy atom. The number of aryl methyl sites for hydroxylation is 3. The number of unbranched alkanes of at least 4 members (excludes halogenated alkanes) is 3. The Balaban J connectivity index is 0.00000436. The van der Waals surface area contributed by atoms with Crippen LogP contribution in [0.4, 0.5) is 0 Å². The van der Waals surface area contributed by atoms with Gasteiger partial charge < -0.3 is 10.2 Å². The molecule has 0 aliphatic heterocycles. The Morgan fingerprint density at radius 2 is 1.19 bits per heavy atom. The molecule has 0 saturated heterocycles. The van der Waals surface area contributed by atoms with Crippen LogP contribution in [-0.4, -0.2) is 22.2 Å². The quantitative estimate of drug-likeness (QED) is 0.318. The molecule has 0 unspecified atom stereocenters. The molecular weight excluding hydrogens is 388 g/mol. The van der Waals surface area contributed by atoms with Crippen molar-refractivity contribution in [3.05, 3.63) is 34.4 Å². The van der Waals surface area contributed by atoms with Crippen molar-refractivity contribution < 1.29 is 19.8 Å². The van der Waals surface area contributed by atoms with E-state index in [-0.39, 0.29) is 0 Å². The summed E-state index contributed by atoms with van der Waals surface area (Å²) in [5.41, 5.74) is 4.11. The number of rotatable bonds is 13. The average molecular weight is 435 g/mol. The first-order chi connectivity index (χ1) is 14.4. The van der Waals surface area contributed by atoms with Crippen molar-refractivity contribution in [3.63, 3.8) is 0 Å². The summed E-state index contributed by atoms with van der Waals surface area (Å²) in [4.78, 5) is 22.5. The van der Waals surface area contributed by atoms with Gasteiger partial charge in [0.05, 0.1) is 10.8 Å². The van der Waals surface area contributed by atoms with Crippen LogP contribution in [0, 0.1) is 24.7 Å². The average Bonchev–Trinajstić information content (AvgIpc) is 2.67. The third-order valence-electron chi connectivity index (χ3n) is 6.09. The number of carboxylic acids is 2. The lowest BCUT2D eigenvalue weighted by Crippen LogP contribution is -2.23. The van der Waals surface area contributed by atoms with E-state index in [1.54, 1.807) is 27.7 Å². The normalized spacial score (nSPS) is 11.6. The minimum absolute atomic E-state index is 0.644. The van der Waals surface area contributed by atoms with Crippen LogP contribution in [-0.2, 0) is 22.4 Å². The van der Waals surface area contributed by atoms with E-state index < -0.39 is 22.8 Å². The second-order valence-electron chi connectivity index (χ2n) is 9.87. The highest BCUT2D eigenvalue weighted by Crippen LogP contribution is 2.27. The van der Waals surface area contributed by atoms with E-state index in [9.17, 15) is 19.8 Å². The molecule has 0 heterocycles. The minimum atomic E-state index is -0.726. The highest BCUT2D eigenvalue weighted by atomic mass is 16.4. The van der Waals surface area contributed by atoms with Crippen LogP contribution in [0.25, 0.3) is 0 Å². The molecule has 1 aromatic rings. The summed E-state index contributed by atoms with van der Waals surface area (Å²) in [6.45, 7) is 15.5. The second-order valence-corrected chi connectivity index (χ2v) is 9.87. The molecule has 1 aromatic carbocycles. The molecule has 0 fully saturated rings. The lowest BCUT2D eigenvalue weighted by Gasteiger charge is -2.20. The van der Waals surface area contributed by atoms with Gasteiger partial charge >= 0.3 is 11.9 Å². The van der Waals surface area contributed by atoms with E-state index in [1.807, 2.05) is 13.8 Å². The summed E-state index contributed by atoms with van der Waals surface area (Å²) in [7, 11) is 0. The van der Waals surface area contributed by atoms with Gasteiger partial charge in [0.25, 0.3) is 0 Å². The summed E-state index contributed by atoms with van der Waals surface area (Å²) >= 11 is 0. The zero-order chi connectivity index (χ0) is 24.2. The molecule has 0 aliphatic rings. The van der Waals surface area contributed by atoms with E-state index in [1.165, 1.54) is 22.3 Å². The van der Waals surface area contributed by atoms with E-state index in [0.717, 1.165) is 44.9 Å². The zero-order valence-corrected chi connectivity index (χ0v) is 21.2. The third-order valence-corrected chi connectivity index (χ3v) is 6.09. The first-order valence-electron chi connectivity index (χ1n) is 11.9. The predicted molar refractivity (Wildman–Crippen MR) is 130 cm³/mol. The summed E-state index contributed by atoms with van der Waals surface area (Å²) in [6.07, 6.45) is 8.37. The molecule has 0 spiro atoms. The van der Waals surface area contributed by atoms with Gasteiger partial charge in [-0.3, -0.25) is 9.59 Å². The van der Waals surface area contributed by atoms with Crippen LogP contribution >= 0.6 is 0 Å². The molecule has 178 valence electrons. The smallest absolute Gasteiger partial charge is 0.309 e. The SMILES string of the molecule is CC.Cc1cc(C)c(CCCCC(C)(C)C(=O)O)c(CCCCCC(C)(C)C(=O)O)c1. The molecule has 0 atom stereocenters. The fourth-order valence-corrected chi connectivity index (χ4v) is 3.81. The molecule has 0 saturated carbocycles. The molecule has 1 rings (SSSR count). The maximum Gasteiger partial charge on any atom is 0.309 e. The van der Waals surface area contributed by atoms with Gasteiger partial charge in [0.15, 0.2) is 0 Å². The van der Waals surface area contributed by atoms with Gasteiger partial charge in [-0.15, -0.1) is 0 Å². The van der Waals surface area contributed by atoms with Crippen molar-refractivity contribution in [3.8, 4) is 0 Å². The van der Waals surface area contributed by atoms with Gasteiger partial charge in [-0.1, -0.05) is 50.8 Å². The van der Waals surface area contributed by atoms with Crippen molar-refractivity contribution in [2.45, 2.75) is 113 Å². The third kappa shape index (κ3) is 10.3. The predicted octanol–water partition coefficient (Wildman–Crippen LogP) is 7.37. The van der Waals surface area contributed by atoms with E-state index in [2.05, 4.69) is 26.0 Å². The van der Waals surface area contributed by atoms with Gasteiger partial charge in [0, 0.05) is 0 Å². The highest BCUT2D eigenvalue weighted by molar-refractivity contribution is 5.73. The number of carbonyl (C=O) groups is 2.